The van der Waals surface area contributed by atoms with Crippen LogP contribution in [-0.2, 0) is 0 Å². The average Bonchev–Trinajstić information content (AvgIpc) is 2.44. The molecule has 2 rings (SSSR count). The molecule has 0 unspecified atom stereocenters. The van der Waals surface area contributed by atoms with Gasteiger partial charge in [-0.15, -0.1) is 0 Å². The maximum absolute atomic E-state index is 13.4. The Morgan fingerprint density at radius 2 is 2.10 bits per heavy atom. The minimum Gasteiger partial charge on any atom is -0.320 e. The molecule has 1 aromatic carbocycles. The molecule has 20 heavy (non-hydrogen) atoms. The monoisotopic (exact) mass is 293 g/mol. The summed E-state index contributed by atoms with van der Waals surface area (Å²) in [4.78, 5) is 14.9. The molecule has 0 fully saturated rings. The first-order valence-corrected chi connectivity index (χ1v) is 5.71. The number of anilines is 1. The number of carbonyl (C=O) groups excluding carboxylic acids is 1. The Labute approximate surface area is 117 Å². The van der Waals surface area contributed by atoms with Crippen LogP contribution in [0, 0.1) is 23.1 Å². The lowest BCUT2D eigenvalue weighted by molar-refractivity contribution is 0.102. The van der Waals surface area contributed by atoms with Gasteiger partial charge in [0, 0.05) is 6.20 Å². The standard InChI is InChI=1S/C13H6ClF2N3O/c14-9-2-1-7(6-17)5-10(9)19-13(20)8-3-4-18-12(16)11(8)15/h1-5H,(H,19,20). The number of halogens is 3. The molecule has 7 heteroatoms. The van der Waals surface area contributed by atoms with Crippen LogP contribution >= 0.6 is 11.6 Å². The van der Waals surface area contributed by atoms with Gasteiger partial charge >= 0.3 is 0 Å². The van der Waals surface area contributed by atoms with E-state index in [0.717, 1.165) is 12.3 Å². The van der Waals surface area contributed by atoms with E-state index in [1.807, 2.05) is 6.07 Å². The number of nitriles is 1. The van der Waals surface area contributed by atoms with Crippen LogP contribution in [0.3, 0.4) is 0 Å². The molecule has 0 spiro atoms. The zero-order chi connectivity index (χ0) is 14.7. The third-order valence-electron chi connectivity index (χ3n) is 2.43. The molecule has 0 radical (unpaired) electrons. The van der Waals surface area contributed by atoms with E-state index in [0.29, 0.717) is 0 Å². The third-order valence-corrected chi connectivity index (χ3v) is 2.76. The summed E-state index contributed by atoms with van der Waals surface area (Å²) in [5, 5.41) is 11.2. The minimum atomic E-state index is -1.37. The second kappa shape index (κ2) is 5.63. The maximum Gasteiger partial charge on any atom is 0.258 e. The molecular weight excluding hydrogens is 288 g/mol. The van der Waals surface area contributed by atoms with Crippen LogP contribution in [0.2, 0.25) is 5.02 Å². The van der Waals surface area contributed by atoms with Gasteiger partial charge in [-0.25, -0.2) is 9.37 Å². The van der Waals surface area contributed by atoms with Crippen molar-refractivity contribution in [2.45, 2.75) is 0 Å². The van der Waals surface area contributed by atoms with Crippen molar-refractivity contribution >= 4 is 23.2 Å². The second-order valence-corrected chi connectivity index (χ2v) is 4.13. The van der Waals surface area contributed by atoms with Crippen molar-refractivity contribution < 1.29 is 13.6 Å². The maximum atomic E-state index is 13.4. The SMILES string of the molecule is N#Cc1ccc(Cl)c(NC(=O)c2ccnc(F)c2F)c1. The van der Waals surface area contributed by atoms with E-state index in [1.165, 1.54) is 18.2 Å². The van der Waals surface area contributed by atoms with Gasteiger partial charge in [-0.05, 0) is 24.3 Å². The Balaban J connectivity index is 2.33. The molecule has 1 aromatic heterocycles. The Morgan fingerprint density at radius 3 is 2.80 bits per heavy atom. The van der Waals surface area contributed by atoms with Crippen LogP contribution in [0.5, 0.6) is 0 Å². The number of nitrogens with zero attached hydrogens (tertiary/aromatic N) is 2. The van der Waals surface area contributed by atoms with Gasteiger partial charge in [-0.3, -0.25) is 4.79 Å². The van der Waals surface area contributed by atoms with Crippen molar-refractivity contribution in [3.8, 4) is 6.07 Å². The number of amides is 1. The van der Waals surface area contributed by atoms with Gasteiger partial charge < -0.3 is 5.32 Å². The van der Waals surface area contributed by atoms with Crippen LogP contribution < -0.4 is 5.32 Å². The fourth-order valence-electron chi connectivity index (χ4n) is 1.47. The molecule has 0 aliphatic carbocycles. The van der Waals surface area contributed by atoms with Gasteiger partial charge in [-0.2, -0.15) is 9.65 Å². The lowest BCUT2D eigenvalue weighted by Crippen LogP contribution is -2.15. The highest BCUT2D eigenvalue weighted by Gasteiger charge is 2.17. The molecule has 0 saturated heterocycles. The zero-order valence-electron chi connectivity index (χ0n) is 9.82. The third kappa shape index (κ3) is 2.73. The smallest absolute Gasteiger partial charge is 0.258 e. The molecule has 0 bridgehead atoms. The lowest BCUT2D eigenvalue weighted by Gasteiger charge is -2.08. The van der Waals surface area contributed by atoms with Gasteiger partial charge in [0.1, 0.15) is 0 Å². The second-order valence-electron chi connectivity index (χ2n) is 3.72. The largest absolute Gasteiger partial charge is 0.320 e. The van der Waals surface area contributed by atoms with E-state index < -0.39 is 23.2 Å². The number of carbonyl (C=O) groups is 1. The summed E-state index contributed by atoms with van der Waals surface area (Å²) in [6.45, 7) is 0. The van der Waals surface area contributed by atoms with Gasteiger partial charge in [0.15, 0.2) is 5.82 Å². The molecule has 0 aliphatic rings. The highest BCUT2D eigenvalue weighted by molar-refractivity contribution is 6.34. The number of hydrogen-bond donors (Lipinski definition) is 1. The highest BCUT2D eigenvalue weighted by atomic mass is 35.5. The van der Waals surface area contributed by atoms with E-state index in [4.69, 9.17) is 16.9 Å². The number of nitrogens with one attached hydrogen (secondary N) is 1. The van der Waals surface area contributed by atoms with E-state index in [9.17, 15) is 13.6 Å². The molecule has 4 nitrogen and oxygen atoms in total. The van der Waals surface area contributed by atoms with E-state index in [2.05, 4.69) is 10.3 Å². The number of hydrogen-bond acceptors (Lipinski definition) is 3. The summed E-state index contributed by atoms with van der Waals surface area (Å²) in [7, 11) is 0. The minimum absolute atomic E-state index is 0.132. The Kier molecular flexibility index (Phi) is 3.91. The number of aromatic nitrogens is 1. The summed E-state index contributed by atoms with van der Waals surface area (Å²) in [6, 6.07) is 7.12. The van der Waals surface area contributed by atoms with Crippen molar-refractivity contribution in [2.24, 2.45) is 0 Å². The number of benzene rings is 1. The predicted molar refractivity (Wildman–Crippen MR) is 68.3 cm³/mol. The average molecular weight is 294 g/mol. The van der Waals surface area contributed by atoms with E-state index >= 15 is 0 Å². The summed E-state index contributed by atoms with van der Waals surface area (Å²) in [6.07, 6.45) is 0.973. The Morgan fingerprint density at radius 1 is 1.35 bits per heavy atom. The molecule has 0 atom stereocenters. The van der Waals surface area contributed by atoms with Crippen LogP contribution in [0.15, 0.2) is 30.5 Å². The summed E-state index contributed by atoms with van der Waals surface area (Å²) in [5.74, 6) is -3.60. The molecule has 1 N–H and O–H groups in total. The quantitative estimate of drug-likeness (QED) is 0.865. The first-order valence-electron chi connectivity index (χ1n) is 5.34. The van der Waals surface area contributed by atoms with E-state index in [1.54, 1.807) is 0 Å². The Bertz CT molecular complexity index is 728. The fraction of sp³-hybridized carbons (Fsp3) is 0. The predicted octanol–water partition coefficient (Wildman–Crippen LogP) is 3.14. The van der Waals surface area contributed by atoms with Crippen molar-refractivity contribution in [1.82, 2.24) is 4.98 Å². The first-order chi connectivity index (χ1) is 9.52. The number of rotatable bonds is 2. The molecular formula is C13H6ClF2N3O. The topological polar surface area (TPSA) is 65.8 Å². The normalized spacial score (nSPS) is 9.90. The van der Waals surface area contributed by atoms with Crippen LogP contribution in [0.1, 0.15) is 15.9 Å². The van der Waals surface area contributed by atoms with Crippen molar-refractivity contribution in [3.05, 3.63) is 58.4 Å². The zero-order valence-corrected chi connectivity index (χ0v) is 10.6. The molecule has 0 aliphatic heterocycles. The van der Waals surface area contributed by atoms with Gasteiger partial charge in [0.05, 0.1) is 27.9 Å². The Hall–Kier alpha value is -2.52. The molecule has 1 amide bonds. The fourth-order valence-corrected chi connectivity index (χ4v) is 1.64. The van der Waals surface area contributed by atoms with E-state index in [-0.39, 0.29) is 16.3 Å². The highest BCUT2D eigenvalue weighted by Crippen LogP contribution is 2.23. The molecule has 2 aromatic rings. The molecule has 0 saturated carbocycles. The van der Waals surface area contributed by atoms with Crippen LogP contribution in [0.4, 0.5) is 14.5 Å². The van der Waals surface area contributed by atoms with Gasteiger partial charge in [0.25, 0.3) is 5.91 Å². The lowest BCUT2D eigenvalue weighted by atomic mass is 10.2. The van der Waals surface area contributed by atoms with Crippen molar-refractivity contribution in [3.63, 3.8) is 0 Å². The van der Waals surface area contributed by atoms with Crippen LogP contribution in [-0.4, -0.2) is 10.9 Å². The molecule has 1 heterocycles. The van der Waals surface area contributed by atoms with Crippen molar-refractivity contribution in [2.75, 3.05) is 5.32 Å². The van der Waals surface area contributed by atoms with Gasteiger partial charge in [0.2, 0.25) is 5.95 Å². The van der Waals surface area contributed by atoms with Crippen LogP contribution in [0.25, 0.3) is 0 Å². The van der Waals surface area contributed by atoms with Crippen molar-refractivity contribution in [1.29, 1.82) is 5.26 Å². The number of pyridine rings is 1. The van der Waals surface area contributed by atoms with Gasteiger partial charge in [-0.1, -0.05) is 11.6 Å². The molecule has 100 valence electrons. The first kappa shape index (κ1) is 13.9. The summed E-state index contributed by atoms with van der Waals surface area (Å²) in [5.41, 5.74) is -0.102. The summed E-state index contributed by atoms with van der Waals surface area (Å²) < 4.78 is 26.4. The summed E-state index contributed by atoms with van der Waals surface area (Å²) >= 11 is 5.85.